The second-order valence-corrected chi connectivity index (χ2v) is 0. The van der Waals surface area contributed by atoms with E-state index in [9.17, 15) is 0 Å². The molecule has 0 aliphatic carbocycles. The van der Waals surface area contributed by atoms with Crippen LogP contribution < -0.4 is 0 Å². The van der Waals surface area contributed by atoms with Gasteiger partial charge in [-0.1, -0.05) is 0 Å². The molecule has 0 rings (SSSR count). The van der Waals surface area contributed by atoms with Crippen molar-refractivity contribution in [3.8, 4) is 0 Å². The fourth-order valence-corrected chi connectivity index (χ4v) is 0. The van der Waals surface area contributed by atoms with Crippen LogP contribution in [0.25, 0.3) is 0 Å². The molecule has 2 nitrogen and oxygen atoms in total. The van der Waals surface area contributed by atoms with Crippen molar-refractivity contribution in [2.24, 2.45) is 0 Å². The van der Waals surface area contributed by atoms with E-state index in [1.54, 1.807) is 0 Å². The van der Waals surface area contributed by atoms with E-state index in [1.807, 2.05) is 0 Å². The summed E-state index contributed by atoms with van der Waals surface area (Å²) in [5.74, 6) is 0. The number of rotatable bonds is 0. The van der Waals surface area contributed by atoms with E-state index in [1.165, 1.54) is 0 Å². The molecule has 0 aromatic rings. The summed E-state index contributed by atoms with van der Waals surface area (Å²) in [5, 5.41) is 0. The van der Waals surface area contributed by atoms with Gasteiger partial charge in [0, 0.05) is 16.5 Å². The summed E-state index contributed by atoms with van der Waals surface area (Å²) in [6.45, 7) is 0. The van der Waals surface area contributed by atoms with E-state index in [2.05, 4.69) is 0 Å². The van der Waals surface area contributed by atoms with Gasteiger partial charge in [0.1, 0.15) is 0 Å². The quantitative estimate of drug-likeness (QED) is 0.420. The van der Waals surface area contributed by atoms with Gasteiger partial charge in [-0.05, 0) is 0 Å². The fraction of sp³-hybridized carbons (Fsp3) is 0. The van der Waals surface area contributed by atoms with Crippen LogP contribution in [0.4, 0.5) is 0 Å². The molecular formula is H9CaCl2NaNiO2. The zero-order valence-electron chi connectivity index (χ0n) is 2.13. The molecule has 0 aromatic heterocycles. The van der Waals surface area contributed by atoms with E-state index in [4.69, 9.17) is 0 Å². The Bertz CT molecular complexity index is 15.7. The molecular weight excluding hydrogens is 225 g/mol. The van der Waals surface area contributed by atoms with E-state index < -0.39 is 0 Å². The monoisotopic (exact) mass is 232 g/mol. The third-order valence-electron chi connectivity index (χ3n) is 0. The van der Waals surface area contributed by atoms with Crippen LogP contribution in [0.15, 0.2) is 0 Å². The number of hydrogen-bond donors (Lipinski definition) is 0. The second kappa shape index (κ2) is 59.6. The minimum absolute atomic E-state index is 0. The fourth-order valence-electron chi connectivity index (χ4n) is 0. The molecule has 0 fully saturated rings. The van der Waals surface area contributed by atoms with Crippen LogP contribution in [0.3, 0.4) is 0 Å². The third-order valence-corrected chi connectivity index (χ3v) is 0. The van der Waals surface area contributed by atoms with Crippen molar-refractivity contribution in [3.05, 3.63) is 0 Å². The Morgan fingerprint density at radius 3 is 0.714 bits per heavy atom. The zero-order chi connectivity index (χ0) is 0. The van der Waals surface area contributed by atoms with Gasteiger partial charge in [0.2, 0.25) is 0 Å². The van der Waals surface area contributed by atoms with Crippen LogP contribution in [0, 0.1) is 0 Å². The zero-order valence-corrected chi connectivity index (χ0v) is 4.75. The van der Waals surface area contributed by atoms with Crippen molar-refractivity contribution >= 4 is 92.1 Å². The van der Waals surface area contributed by atoms with Gasteiger partial charge in [0.25, 0.3) is 0 Å². The first-order valence-corrected chi connectivity index (χ1v) is 0. The predicted molar refractivity (Wildman–Crippen MR) is 37.4 cm³/mol. The molecule has 0 bridgehead atoms. The maximum atomic E-state index is 0. The molecule has 48 valence electrons. The molecule has 0 saturated heterocycles. The Kier molecular flexibility index (Phi) is 706. The molecule has 0 saturated carbocycles. The molecule has 0 aliphatic heterocycles. The van der Waals surface area contributed by atoms with Gasteiger partial charge < -0.3 is 11.0 Å². The molecule has 7 heteroatoms. The van der Waals surface area contributed by atoms with Gasteiger partial charge >= 0.3 is 67.3 Å². The maximum absolute atomic E-state index is 0. The first-order chi connectivity index (χ1) is 0. The Morgan fingerprint density at radius 2 is 0.714 bits per heavy atom. The Labute approximate surface area is 117 Å². The van der Waals surface area contributed by atoms with Gasteiger partial charge in [0.05, 0.1) is 0 Å². The SMILES string of the molecule is Cl.Cl.O.O.[CaH2].[NaH].[Ni]. The van der Waals surface area contributed by atoms with Gasteiger partial charge in [-0.15, -0.1) is 24.8 Å². The molecule has 0 aromatic carbocycles. The van der Waals surface area contributed by atoms with Gasteiger partial charge in [-0.3, -0.25) is 0 Å². The molecule has 0 unspecified atom stereocenters. The van der Waals surface area contributed by atoms with Crippen molar-refractivity contribution in [1.29, 1.82) is 0 Å². The molecule has 0 amide bonds. The summed E-state index contributed by atoms with van der Waals surface area (Å²) in [6, 6.07) is 0. The summed E-state index contributed by atoms with van der Waals surface area (Å²) in [7, 11) is 0. The molecule has 0 spiro atoms. The van der Waals surface area contributed by atoms with Crippen LogP contribution in [0.1, 0.15) is 0 Å². The van der Waals surface area contributed by atoms with Gasteiger partial charge in [0.15, 0.2) is 0 Å². The van der Waals surface area contributed by atoms with Crippen LogP contribution in [0.5, 0.6) is 0 Å². The Morgan fingerprint density at radius 1 is 0.714 bits per heavy atom. The summed E-state index contributed by atoms with van der Waals surface area (Å²) < 4.78 is 0. The third kappa shape index (κ3) is 46.0. The van der Waals surface area contributed by atoms with E-state index in [0.717, 1.165) is 0 Å². The van der Waals surface area contributed by atoms with Crippen molar-refractivity contribution in [2.75, 3.05) is 0 Å². The summed E-state index contributed by atoms with van der Waals surface area (Å²) in [5.41, 5.74) is 0. The van der Waals surface area contributed by atoms with Gasteiger partial charge in [-0.25, -0.2) is 0 Å². The summed E-state index contributed by atoms with van der Waals surface area (Å²) in [4.78, 5) is 0. The molecule has 7 heavy (non-hydrogen) atoms. The van der Waals surface area contributed by atoms with Gasteiger partial charge in [-0.2, -0.15) is 0 Å². The summed E-state index contributed by atoms with van der Waals surface area (Å²) >= 11 is 0. The Hall–Kier alpha value is 3.25. The minimum atomic E-state index is 0. The Balaban J connectivity index is 0. The molecule has 0 atom stereocenters. The predicted octanol–water partition coefficient (Wildman–Crippen LogP) is -2.37. The first kappa shape index (κ1) is 82.9. The topological polar surface area (TPSA) is 63.0 Å². The molecule has 0 heterocycles. The van der Waals surface area contributed by atoms with E-state index in [0.29, 0.717) is 0 Å². The molecule has 4 N–H and O–H groups in total. The van der Waals surface area contributed by atoms with Crippen molar-refractivity contribution in [1.82, 2.24) is 0 Å². The average molecular weight is 234 g/mol. The van der Waals surface area contributed by atoms with Crippen LogP contribution >= 0.6 is 24.8 Å². The van der Waals surface area contributed by atoms with Crippen LogP contribution in [-0.2, 0) is 16.5 Å². The maximum Gasteiger partial charge on any atom is 0 e. The largest absolute Gasteiger partial charge is 0 e. The van der Waals surface area contributed by atoms with E-state index >= 15 is 0 Å². The smallest absolute Gasteiger partial charge is 0 e. The molecule has 0 aliphatic rings. The minimum Gasteiger partial charge on any atom is 0 e. The summed E-state index contributed by atoms with van der Waals surface area (Å²) in [6.07, 6.45) is 0. The van der Waals surface area contributed by atoms with Crippen LogP contribution in [0.2, 0.25) is 0 Å². The molecule has 0 radical (unpaired) electrons. The van der Waals surface area contributed by atoms with Crippen molar-refractivity contribution < 1.29 is 27.4 Å². The van der Waals surface area contributed by atoms with Crippen molar-refractivity contribution in [3.63, 3.8) is 0 Å². The van der Waals surface area contributed by atoms with Crippen molar-refractivity contribution in [2.45, 2.75) is 0 Å². The standard InChI is InChI=1S/Ca.2ClH.Na.Ni.2H2O.3H/h;2*1H;;;2*1H2;;;. The van der Waals surface area contributed by atoms with E-state index in [-0.39, 0.29) is 120 Å². The number of hydrogen-bond acceptors (Lipinski definition) is 0. The average Bonchev–Trinajstić information content (AvgIpc) is 0. The first-order valence-electron chi connectivity index (χ1n) is 0. The normalized spacial score (nSPS) is 0. The second-order valence-electron chi connectivity index (χ2n) is 0. The number of halogens is 2. The van der Waals surface area contributed by atoms with Crippen LogP contribution in [-0.4, -0.2) is 78.2 Å².